The Bertz CT molecular complexity index is 366. The Morgan fingerprint density at radius 1 is 1.40 bits per heavy atom. The fourth-order valence-corrected chi connectivity index (χ4v) is 1.35. The number of nitrogens with zero attached hydrogens (tertiary/aromatic N) is 1. The SMILES string of the molecule is CN=C(N)OCCc1ccc(Cl)c(Cl)c1. The first kappa shape index (κ1) is 12.1. The lowest BCUT2D eigenvalue weighted by atomic mass is 10.2. The van der Waals surface area contributed by atoms with Gasteiger partial charge in [-0.25, -0.2) is 4.99 Å². The predicted octanol–water partition coefficient (Wildman–Crippen LogP) is 2.50. The summed E-state index contributed by atoms with van der Waals surface area (Å²) in [5.41, 5.74) is 6.42. The average Bonchev–Trinajstić information content (AvgIpc) is 2.23. The molecule has 0 aromatic heterocycles. The van der Waals surface area contributed by atoms with Gasteiger partial charge in [0, 0.05) is 13.5 Å². The van der Waals surface area contributed by atoms with Crippen molar-refractivity contribution < 1.29 is 4.74 Å². The highest BCUT2D eigenvalue weighted by atomic mass is 35.5. The van der Waals surface area contributed by atoms with Crippen LogP contribution in [0.2, 0.25) is 10.0 Å². The smallest absolute Gasteiger partial charge is 0.281 e. The third kappa shape index (κ3) is 3.98. The number of aliphatic imine (C=N–C) groups is 1. The maximum absolute atomic E-state index is 5.86. The van der Waals surface area contributed by atoms with Crippen LogP contribution in [0.5, 0.6) is 0 Å². The fraction of sp³-hybridized carbons (Fsp3) is 0.300. The first-order valence-corrected chi connectivity index (χ1v) is 5.18. The molecule has 0 bridgehead atoms. The molecule has 0 aliphatic rings. The van der Waals surface area contributed by atoms with Crippen molar-refractivity contribution in [2.24, 2.45) is 10.7 Å². The highest BCUT2D eigenvalue weighted by Gasteiger charge is 2.00. The summed E-state index contributed by atoms with van der Waals surface area (Å²) in [6.45, 7) is 0.473. The molecular weight excluding hydrogens is 235 g/mol. The number of hydrogen-bond donors (Lipinski definition) is 1. The molecule has 0 radical (unpaired) electrons. The van der Waals surface area contributed by atoms with Gasteiger partial charge in [-0.2, -0.15) is 0 Å². The number of ether oxygens (including phenoxy) is 1. The van der Waals surface area contributed by atoms with Gasteiger partial charge in [0.2, 0.25) is 0 Å². The van der Waals surface area contributed by atoms with Crippen molar-refractivity contribution in [1.29, 1.82) is 0 Å². The number of rotatable bonds is 3. The highest BCUT2D eigenvalue weighted by molar-refractivity contribution is 6.42. The van der Waals surface area contributed by atoms with Crippen LogP contribution in [0.1, 0.15) is 5.56 Å². The van der Waals surface area contributed by atoms with Gasteiger partial charge in [-0.1, -0.05) is 29.3 Å². The Balaban J connectivity index is 2.48. The monoisotopic (exact) mass is 246 g/mol. The molecule has 1 aromatic rings. The van der Waals surface area contributed by atoms with Gasteiger partial charge in [-0.05, 0) is 17.7 Å². The molecule has 0 unspecified atom stereocenters. The molecule has 5 heteroatoms. The van der Waals surface area contributed by atoms with Crippen LogP contribution in [-0.2, 0) is 11.2 Å². The number of nitrogens with two attached hydrogens (primary N) is 1. The van der Waals surface area contributed by atoms with E-state index >= 15 is 0 Å². The Morgan fingerprint density at radius 2 is 2.13 bits per heavy atom. The molecule has 1 rings (SSSR count). The molecule has 0 atom stereocenters. The van der Waals surface area contributed by atoms with Crippen molar-refractivity contribution in [1.82, 2.24) is 0 Å². The zero-order valence-corrected chi connectivity index (χ0v) is 9.85. The second-order valence-electron chi connectivity index (χ2n) is 2.91. The third-order valence-electron chi connectivity index (χ3n) is 1.85. The molecule has 0 saturated heterocycles. The Kier molecular flexibility index (Phi) is 4.72. The van der Waals surface area contributed by atoms with Crippen LogP contribution < -0.4 is 5.73 Å². The summed E-state index contributed by atoms with van der Waals surface area (Å²) in [4.78, 5) is 3.68. The van der Waals surface area contributed by atoms with Crippen LogP contribution in [0.25, 0.3) is 0 Å². The second-order valence-corrected chi connectivity index (χ2v) is 3.72. The van der Waals surface area contributed by atoms with Gasteiger partial charge in [-0.15, -0.1) is 0 Å². The van der Waals surface area contributed by atoms with Crippen LogP contribution in [0.3, 0.4) is 0 Å². The molecule has 0 fully saturated rings. The van der Waals surface area contributed by atoms with Gasteiger partial charge in [0.15, 0.2) is 0 Å². The molecule has 0 spiro atoms. The summed E-state index contributed by atoms with van der Waals surface area (Å²) < 4.78 is 5.12. The van der Waals surface area contributed by atoms with Crippen molar-refractivity contribution in [3.05, 3.63) is 33.8 Å². The minimum Gasteiger partial charge on any atom is -0.465 e. The van der Waals surface area contributed by atoms with E-state index in [0.29, 0.717) is 23.1 Å². The largest absolute Gasteiger partial charge is 0.465 e. The van der Waals surface area contributed by atoms with Crippen molar-refractivity contribution in [2.75, 3.05) is 13.7 Å². The van der Waals surface area contributed by atoms with E-state index in [1.807, 2.05) is 12.1 Å². The molecule has 0 aliphatic carbocycles. The molecule has 0 heterocycles. The summed E-state index contributed by atoms with van der Waals surface area (Å²) in [5.74, 6) is 0. The number of benzene rings is 1. The van der Waals surface area contributed by atoms with Crippen LogP contribution >= 0.6 is 23.2 Å². The summed E-state index contributed by atoms with van der Waals surface area (Å²) >= 11 is 11.6. The topological polar surface area (TPSA) is 47.6 Å². The summed E-state index contributed by atoms with van der Waals surface area (Å²) in [6, 6.07) is 5.66. The Morgan fingerprint density at radius 3 is 2.73 bits per heavy atom. The van der Waals surface area contributed by atoms with Crippen molar-refractivity contribution >= 4 is 29.2 Å². The minimum atomic E-state index is 0.190. The van der Waals surface area contributed by atoms with Gasteiger partial charge >= 0.3 is 0 Å². The summed E-state index contributed by atoms with van der Waals surface area (Å²) in [6.07, 6.45) is 0.715. The van der Waals surface area contributed by atoms with Crippen LogP contribution in [-0.4, -0.2) is 19.7 Å². The third-order valence-corrected chi connectivity index (χ3v) is 2.58. The highest BCUT2D eigenvalue weighted by Crippen LogP contribution is 2.22. The first-order valence-electron chi connectivity index (χ1n) is 4.42. The normalized spacial score (nSPS) is 11.5. The number of hydrogen-bond acceptors (Lipinski definition) is 2. The molecule has 2 N–H and O–H groups in total. The maximum atomic E-state index is 5.86. The molecule has 0 saturated carbocycles. The molecule has 1 aromatic carbocycles. The van der Waals surface area contributed by atoms with E-state index in [9.17, 15) is 0 Å². The zero-order chi connectivity index (χ0) is 11.3. The van der Waals surface area contributed by atoms with E-state index < -0.39 is 0 Å². The minimum absolute atomic E-state index is 0.190. The fourth-order valence-electron chi connectivity index (χ4n) is 1.03. The molecule has 82 valence electrons. The quantitative estimate of drug-likeness (QED) is 0.658. The summed E-state index contributed by atoms with van der Waals surface area (Å²) in [7, 11) is 1.58. The Hall–Kier alpha value is -0.930. The number of amidine groups is 1. The second kappa shape index (κ2) is 5.83. The van der Waals surface area contributed by atoms with Crippen LogP contribution in [0.4, 0.5) is 0 Å². The van der Waals surface area contributed by atoms with Gasteiger partial charge in [-0.3, -0.25) is 0 Å². The van der Waals surface area contributed by atoms with Gasteiger partial charge in [0.05, 0.1) is 16.7 Å². The van der Waals surface area contributed by atoms with E-state index in [-0.39, 0.29) is 6.02 Å². The van der Waals surface area contributed by atoms with Gasteiger partial charge in [0.25, 0.3) is 6.02 Å². The van der Waals surface area contributed by atoms with Gasteiger partial charge in [0.1, 0.15) is 0 Å². The van der Waals surface area contributed by atoms with E-state index in [4.69, 9.17) is 33.7 Å². The molecular formula is C10H12Cl2N2O. The lowest BCUT2D eigenvalue weighted by molar-refractivity contribution is 0.303. The van der Waals surface area contributed by atoms with Crippen molar-refractivity contribution in [2.45, 2.75) is 6.42 Å². The summed E-state index contributed by atoms with van der Waals surface area (Å²) in [5, 5.41) is 1.10. The molecule has 15 heavy (non-hydrogen) atoms. The predicted molar refractivity (Wildman–Crippen MR) is 63.7 cm³/mol. The van der Waals surface area contributed by atoms with Crippen LogP contribution in [0.15, 0.2) is 23.2 Å². The zero-order valence-electron chi connectivity index (χ0n) is 8.34. The van der Waals surface area contributed by atoms with E-state index in [1.54, 1.807) is 13.1 Å². The van der Waals surface area contributed by atoms with Crippen LogP contribution in [0, 0.1) is 0 Å². The maximum Gasteiger partial charge on any atom is 0.281 e. The Labute approximate surface area is 98.8 Å². The lowest BCUT2D eigenvalue weighted by Gasteiger charge is -2.05. The number of halogens is 2. The van der Waals surface area contributed by atoms with Gasteiger partial charge < -0.3 is 10.5 Å². The molecule has 0 amide bonds. The molecule has 0 aliphatic heterocycles. The average molecular weight is 247 g/mol. The van der Waals surface area contributed by atoms with Crippen molar-refractivity contribution in [3.63, 3.8) is 0 Å². The van der Waals surface area contributed by atoms with Crippen molar-refractivity contribution in [3.8, 4) is 0 Å². The van der Waals surface area contributed by atoms with E-state index in [1.165, 1.54) is 0 Å². The first-order chi connectivity index (χ1) is 7.13. The lowest BCUT2D eigenvalue weighted by Crippen LogP contribution is -2.17. The molecule has 3 nitrogen and oxygen atoms in total. The standard InChI is InChI=1S/C10H12Cl2N2O/c1-14-10(13)15-5-4-7-2-3-8(11)9(12)6-7/h2-3,6H,4-5H2,1H3,(H2,13,14). The van der Waals surface area contributed by atoms with E-state index in [2.05, 4.69) is 4.99 Å². The van der Waals surface area contributed by atoms with E-state index in [0.717, 1.165) is 5.56 Å².